The standard InChI is InChI=1S/C16H15IN2OS/c1-10-4-3-5-13(8-10)18-16(21)19-15(20)12-7-6-11(2)14(17)9-12/h3-9H,1-2H3,(H2,18,19,20,21). The first kappa shape index (κ1) is 15.9. The smallest absolute Gasteiger partial charge is 0.257 e. The quantitative estimate of drug-likeness (QED) is 0.580. The Balaban J connectivity index is 2.02. The molecule has 1 amide bonds. The van der Waals surface area contributed by atoms with Gasteiger partial charge in [0.2, 0.25) is 0 Å². The summed E-state index contributed by atoms with van der Waals surface area (Å²) < 4.78 is 1.05. The third-order valence-electron chi connectivity index (χ3n) is 2.94. The van der Waals surface area contributed by atoms with Gasteiger partial charge in [-0.15, -0.1) is 0 Å². The van der Waals surface area contributed by atoms with Gasteiger partial charge < -0.3 is 5.32 Å². The lowest BCUT2D eigenvalue weighted by molar-refractivity contribution is 0.0977. The Hall–Kier alpha value is -1.47. The summed E-state index contributed by atoms with van der Waals surface area (Å²) in [6.45, 7) is 4.01. The summed E-state index contributed by atoms with van der Waals surface area (Å²) in [6, 6.07) is 13.4. The number of aryl methyl sites for hydroxylation is 2. The molecule has 5 heteroatoms. The lowest BCUT2D eigenvalue weighted by Gasteiger charge is -2.10. The normalized spacial score (nSPS) is 10.0. The van der Waals surface area contributed by atoms with Crippen molar-refractivity contribution in [3.8, 4) is 0 Å². The molecule has 2 aromatic carbocycles. The van der Waals surface area contributed by atoms with Gasteiger partial charge in [-0.25, -0.2) is 0 Å². The van der Waals surface area contributed by atoms with Crippen molar-refractivity contribution in [3.63, 3.8) is 0 Å². The van der Waals surface area contributed by atoms with Crippen molar-refractivity contribution in [2.24, 2.45) is 0 Å². The Bertz CT molecular complexity index is 700. The van der Waals surface area contributed by atoms with E-state index < -0.39 is 0 Å². The monoisotopic (exact) mass is 410 g/mol. The van der Waals surface area contributed by atoms with Gasteiger partial charge in [0.05, 0.1) is 0 Å². The summed E-state index contributed by atoms with van der Waals surface area (Å²) in [5.74, 6) is -0.210. The molecule has 0 saturated carbocycles. The van der Waals surface area contributed by atoms with Crippen LogP contribution in [0.1, 0.15) is 21.5 Å². The fourth-order valence-corrected chi connectivity index (χ4v) is 2.52. The summed E-state index contributed by atoms with van der Waals surface area (Å²) in [7, 11) is 0. The minimum Gasteiger partial charge on any atom is -0.332 e. The molecule has 0 aromatic heterocycles. The van der Waals surface area contributed by atoms with Crippen LogP contribution in [-0.4, -0.2) is 11.0 Å². The predicted octanol–water partition coefficient (Wildman–Crippen LogP) is 4.03. The topological polar surface area (TPSA) is 41.1 Å². The predicted molar refractivity (Wildman–Crippen MR) is 98.8 cm³/mol. The van der Waals surface area contributed by atoms with Crippen LogP contribution in [0, 0.1) is 17.4 Å². The van der Waals surface area contributed by atoms with Gasteiger partial charge in [-0.3, -0.25) is 10.1 Å². The lowest BCUT2D eigenvalue weighted by Crippen LogP contribution is -2.34. The molecule has 0 saturated heterocycles. The van der Waals surface area contributed by atoms with E-state index in [4.69, 9.17) is 12.2 Å². The number of hydrogen-bond acceptors (Lipinski definition) is 2. The molecule has 0 aliphatic heterocycles. The summed E-state index contributed by atoms with van der Waals surface area (Å²) in [5.41, 5.74) is 3.73. The average molecular weight is 410 g/mol. The maximum Gasteiger partial charge on any atom is 0.257 e. The number of rotatable bonds is 2. The van der Waals surface area contributed by atoms with Gasteiger partial charge in [0.25, 0.3) is 5.91 Å². The molecule has 2 aromatic rings. The molecule has 0 fully saturated rings. The van der Waals surface area contributed by atoms with Crippen LogP contribution in [0.3, 0.4) is 0 Å². The second kappa shape index (κ2) is 7.00. The Kier molecular flexibility index (Phi) is 5.30. The third kappa shape index (κ3) is 4.50. The number of halogens is 1. The van der Waals surface area contributed by atoms with E-state index in [0.717, 1.165) is 20.4 Å². The van der Waals surface area contributed by atoms with E-state index in [1.165, 1.54) is 0 Å². The van der Waals surface area contributed by atoms with Gasteiger partial charge in [-0.1, -0.05) is 18.2 Å². The van der Waals surface area contributed by atoms with E-state index in [0.29, 0.717) is 10.7 Å². The number of thiocarbonyl (C=S) groups is 1. The molecule has 0 heterocycles. The molecule has 2 rings (SSSR count). The zero-order valence-electron chi connectivity index (χ0n) is 11.7. The second-order valence-corrected chi connectivity index (χ2v) is 6.31. The van der Waals surface area contributed by atoms with Gasteiger partial charge in [0.1, 0.15) is 0 Å². The van der Waals surface area contributed by atoms with Crippen LogP contribution in [0.5, 0.6) is 0 Å². The summed E-state index contributed by atoms with van der Waals surface area (Å²) in [6.07, 6.45) is 0. The first-order chi connectivity index (χ1) is 9.95. The SMILES string of the molecule is Cc1cccc(NC(=S)NC(=O)c2ccc(C)c(I)c2)c1. The largest absolute Gasteiger partial charge is 0.332 e. The highest BCUT2D eigenvalue weighted by atomic mass is 127. The van der Waals surface area contributed by atoms with Gasteiger partial charge >= 0.3 is 0 Å². The van der Waals surface area contributed by atoms with Gasteiger partial charge in [-0.05, 0) is 84.0 Å². The molecule has 0 spiro atoms. The fraction of sp³-hybridized carbons (Fsp3) is 0.125. The van der Waals surface area contributed by atoms with Gasteiger partial charge in [0, 0.05) is 14.8 Å². The van der Waals surface area contributed by atoms with E-state index in [-0.39, 0.29) is 5.91 Å². The number of amides is 1. The Morgan fingerprint density at radius 3 is 2.57 bits per heavy atom. The van der Waals surface area contributed by atoms with Crippen molar-refractivity contribution in [1.82, 2.24) is 5.32 Å². The number of carbonyl (C=O) groups excluding carboxylic acids is 1. The maximum atomic E-state index is 12.1. The van der Waals surface area contributed by atoms with Crippen molar-refractivity contribution >= 4 is 51.5 Å². The number of nitrogens with one attached hydrogen (secondary N) is 2. The van der Waals surface area contributed by atoms with Crippen molar-refractivity contribution in [2.45, 2.75) is 13.8 Å². The van der Waals surface area contributed by atoms with Crippen LogP contribution in [0.15, 0.2) is 42.5 Å². The molecule has 0 atom stereocenters. The van der Waals surface area contributed by atoms with Crippen LogP contribution >= 0.6 is 34.8 Å². The summed E-state index contributed by atoms with van der Waals surface area (Å²) >= 11 is 7.38. The second-order valence-electron chi connectivity index (χ2n) is 4.74. The Labute approximate surface area is 143 Å². The number of carbonyl (C=O) groups is 1. The highest BCUT2D eigenvalue weighted by Crippen LogP contribution is 2.14. The zero-order valence-corrected chi connectivity index (χ0v) is 14.7. The molecular formula is C16H15IN2OS. The molecule has 108 valence electrons. The van der Waals surface area contributed by atoms with Gasteiger partial charge in [0.15, 0.2) is 5.11 Å². The highest BCUT2D eigenvalue weighted by molar-refractivity contribution is 14.1. The van der Waals surface area contributed by atoms with Crippen molar-refractivity contribution < 1.29 is 4.79 Å². The van der Waals surface area contributed by atoms with Crippen molar-refractivity contribution in [1.29, 1.82) is 0 Å². The minimum atomic E-state index is -0.210. The maximum absolute atomic E-state index is 12.1. The van der Waals surface area contributed by atoms with Crippen LogP contribution < -0.4 is 10.6 Å². The van der Waals surface area contributed by atoms with Crippen molar-refractivity contribution in [3.05, 3.63) is 62.7 Å². The Morgan fingerprint density at radius 2 is 1.90 bits per heavy atom. The lowest BCUT2D eigenvalue weighted by atomic mass is 10.1. The first-order valence-corrected chi connectivity index (χ1v) is 7.89. The molecule has 0 radical (unpaired) electrons. The summed E-state index contributed by atoms with van der Waals surface area (Å²) in [4.78, 5) is 12.1. The molecule has 0 unspecified atom stereocenters. The molecule has 0 aliphatic rings. The molecule has 0 aliphatic carbocycles. The molecule has 0 bridgehead atoms. The van der Waals surface area contributed by atoms with E-state index in [9.17, 15) is 4.79 Å². The van der Waals surface area contributed by atoms with E-state index in [2.05, 4.69) is 33.2 Å². The molecule has 21 heavy (non-hydrogen) atoms. The molecular weight excluding hydrogens is 395 g/mol. The first-order valence-electron chi connectivity index (χ1n) is 6.41. The minimum absolute atomic E-state index is 0.210. The van der Waals surface area contributed by atoms with Gasteiger partial charge in [-0.2, -0.15) is 0 Å². The average Bonchev–Trinajstić information content (AvgIpc) is 2.41. The van der Waals surface area contributed by atoms with E-state index in [1.807, 2.05) is 50.2 Å². The third-order valence-corrected chi connectivity index (χ3v) is 4.30. The van der Waals surface area contributed by atoms with Crippen LogP contribution in [0.2, 0.25) is 0 Å². The fourth-order valence-electron chi connectivity index (χ4n) is 1.79. The Morgan fingerprint density at radius 1 is 1.14 bits per heavy atom. The van der Waals surface area contributed by atoms with E-state index >= 15 is 0 Å². The molecule has 3 nitrogen and oxygen atoms in total. The van der Waals surface area contributed by atoms with Crippen LogP contribution in [-0.2, 0) is 0 Å². The highest BCUT2D eigenvalue weighted by Gasteiger charge is 2.09. The van der Waals surface area contributed by atoms with E-state index in [1.54, 1.807) is 6.07 Å². The number of benzene rings is 2. The van der Waals surface area contributed by atoms with Crippen LogP contribution in [0.25, 0.3) is 0 Å². The van der Waals surface area contributed by atoms with Crippen LogP contribution in [0.4, 0.5) is 5.69 Å². The number of anilines is 1. The summed E-state index contributed by atoms with van der Waals surface area (Å²) in [5, 5.41) is 5.99. The van der Waals surface area contributed by atoms with Crippen molar-refractivity contribution in [2.75, 3.05) is 5.32 Å². The zero-order chi connectivity index (χ0) is 15.4. The molecule has 2 N–H and O–H groups in total. The number of hydrogen-bond donors (Lipinski definition) is 2.